The summed E-state index contributed by atoms with van der Waals surface area (Å²) in [4.78, 5) is 4.94. The summed E-state index contributed by atoms with van der Waals surface area (Å²) in [6.07, 6.45) is -3.89. The first-order valence-corrected chi connectivity index (χ1v) is 8.63. The van der Waals surface area contributed by atoms with Gasteiger partial charge in [0.25, 0.3) is 0 Å². The van der Waals surface area contributed by atoms with E-state index in [1.54, 1.807) is 13.8 Å². The Morgan fingerprint density at radius 3 is 2.35 bits per heavy atom. The maximum Gasteiger partial charge on any atom is 0.419 e. The molecule has 0 amide bonds. The van der Waals surface area contributed by atoms with Crippen molar-refractivity contribution >= 4 is 14.9 Å². The van der Waals surface area contributed by atoms with Crippen molar-refractivity contribution in [3.63, 3.8) is 0 Å². The predicted molar refractivity (Wildman–Crippen MR) is 79.4 cm³/mol. The van der Waals surface area contributed by atoms with Crippen molar-refractivity contribution < 1.29 is 26.4 Å². The number of oxime groups is 1. The van der Waals surface area contributed by atoms with E-state index < -0.39 is 38.6 Å². The van der Waals surface area contributed by atoms with E-state index in [0.717, 1.165) is 10.9 Å². The number of alkyl halides is 3. The van der Waals surface area contributed by atoms with E-state index in [2.05, 4.69) is 10.3 Å². The zero-order chi connectivity index (χ0) is 18.1. The van der Waals surface area contributed by atoms with Gasteiger partial charge >= 0.3 is 6.18 Å². The molecule has 0 aromatic carbocycles. The predicted octanol–water partition coefficient (Wildman–Crippen LogP) is 2.89. The zero-order valence-electron chi connectivity index (χ0n) is 13.6. The molecule has 1 aromatic rings. The average Bonchev–Trinajstić information content (AvgIpc) is 2.94. The van der Waals surface area contributed by atoms with Crippen LogP contribution in [0.25, 0.3) is 0 Å². The maximum absolute atomic E-state index is 12.8. The summed E-state index contributed by atoms with van der Waals surface area (Å²) in [5.41, 5.74) is -2.39. The molecule has 6 nitrogen and oxygen atoms in total. The molecular formula is C13H20F3N3O3S. The van der Waals surface area contributed by atoms with Crippen LogP contribution in [0.15, 0.2) is 11.4 Å². The summed E-state index contributed by atoms with van der Waals surface area (Å²) in [5.74, 6) is -0.860. The van der Waals surface area contributed by atoms with Crippen LogP contribution in [0.4, 0.5) is 13.2 Å². The van der Waals surface area contributed by atoms with Crippen LogP contribution < -0.4 is 0 Å². The van der Waals surface area contributed by atoms with E-state index in [-0.39, 0.29) is 11.5 Å². The topological polar surface area (TPSA) is 73.5 Å². The normalized spacial score (nSPS) is 17.1. The van der Waals surface area contributed by atoms with Crippen LogP contribution in [0.3, 0.4) is 0 Å². The fourth-order valence-corrected chi connectivity index (χ4v) is 3.37. The highest BCUT2D eigenvalue weighted by Crippen LogP contribution is 2.33. The zero-order valence-corrected chi connectivity index (χ0v) is 14.4. The van der Waals surface area contributed by atoms with Gasteiger partial charge in [-0.05, 0) is 13.8 Å². The third kappa shape index (κ3) is 4.69. The van der Waals surface area contributed by atoms with E-state index in [4.69, 9.17) is 4.84 Å². The summed E-state index contributed by atoms with van der Waals surface area (Å²) in [6.45, 7) is 7.28. The molecule has 0 radical (unpaired) electrons. The molecule has 0 N–H and O–H groups in total. The summed E-state index contributed by atoms with van der Waals surface area (Å²) < 4.78 is 63.7. The van der Waals surface area contributed by atoms with E-state index in [0.29, 0.717) is 0 Å². The number of halogens is 3. The molecule has 0 aliphatic carbocycles. The molecule has 0 atom stereocenters. The first-order chi connectivity index (χ1) is 10.4. The highest BCUT2D eigenvalue weighted by Gasteiger charge is 2.40. The van der Waals surface area contributed by atoms with Crippen LogP contribution in [0.1, 0.15) is 45.4 Å². The van der Waals surface area contributed by atoms with Crippen molar-refractivity contribution in [1.29, 1.82) is 0 Å². The van der Waals surface area contributed by atoms with Gasteiger partial charge in [-0.25, -0.2) is 8.42 Å². The SMILES string of the molecule is CC.Cn1cc(C(F)(F)F)c(CS(=O)(=O)C2=NOC(C)(C)C2)n1. The minimum absolute atomic E-state index is 0.0174. The lowest BCUT2D eigenvalue weighted by Crippen LogP contribution is -2.24. The third-order valence-electron chi connectivity index (χ3n) is 2.87. The molecule has 2 rings (SSSR count). The highest BCUT2D eigenvalue weighted by atomic mass is 32.2. The van der Waals surface area contributed by atoms with Crippen LogP contribution in [-0.4, -0.2) is 28.8 Å². The summed E-state index contributed by atoms with van der Waals surface area (Å²) in [7, 11) is -2.71. The van der Waals surface area contributed by atoms with E-state index in [1.807, 2.05) is 13.8 Å². The molecule has 0 fully saturated rings. The van der Waals surface area contributed by atoms with E-state index in [9.17, 15) is 21.6 Å². The van der Waals surface area contributed by atoms with Crippen LogP contribution in [0.2, 0.25) is 0 Å². The lowest BCUT2D eigenvalue weighted by Gasteiger charge is -2.13. The van der Waals surface area contributed by atoms with Crippen LogP contribution in [0, 0.1) is 0 Å². The summed E-state index contributed by atoms with van der Waals surface area (Å²) in [6, 6.07) is 0. The van der Waals surface area contributed by atoms with Crippen LogP contribution in [-0.2, 0) is 33.7 Å². The van der Waals surface area contributed by atoms with Crippen molar-refractivity contribution in [1.82, 2.24) is 9.78 Å². The van der Waals surface area contributed by atoms with Crippen molar-refractivity contribution in [2.45, 2.75) is 51.6 Å². The first-order valence-electron chi connectivity index (χ1n) is 6.98. The number of sulfone groups is 1. The molecule has 0 saturated carbocycles. The Balaban J connectivity index is 0.00000127. The van der Waals surface area contributed by atoms with Gasteiger partial charge in [-0.3, -0.25) is 4.68 Å². The average molecular weight is 355 g/mol. The van der Waals surface area contributed by atoms with Gasteiger partial charge in [0.2, 0.25) is 9.84 Å². The van der Waals surface area contributed by atoms with Crippen LogP contribution >= 0.6 is 0 Å². The Morgan fingerprint density at radius 2 is 1.91 bits per heavy atom. The second-order valence-corrected chi connectivity index (χ2v) is 7.42. The number of hydrogen-bond acceptors (Lipinski definition) is 5. The molecule has 132 valence electrons. The number of rotatable bonds is 2. The van der Waals surface area contributed by atoms with E-state index >= 15 is 0 Å². The van der Waals surface area contributed by atoms with Gasteiger partial charge in [0.15, 0.2) is 5.04 Å². The Hall–Kier alpha value is -1.58. The summed E-state index contributed by atoms with van der Waals surface area (Å²) >= 11 is 0. The Morgan fingerprint density at radius 1 is 1.35 bits per heavy atom. The van der Waals surface area contributed by atoms with E-state index in [1.165, 1.54) is 7.05 Å². The third-order valence-corrected chi connectivity index (χ3v) is 4.46. The standard InChI is InChI=1S/C11H14F3N3O3S.C2H6/c1-10(2)4-9(16-20-10)21(18,19)6-8-7(11(12,13)14)5-17(3)15-8;1-2/h5H,4,6H2,1-3H3;1-2H3. The lowest BCUT2D eigenvalue weighted by molar-refractivity contribution is -0.138. The first kappa shape index (κ1) is 19.5. The van der Waals surface area contributed by atoms with Crippen molar-refractivity contribution in [3.05, 3.63) is 17.5 Å². The number of aryl methyl sites for hydroxylation is 1. The quantitative estimate of drug-likeness (QED) is 0.818. The highest BCUT2D eigenvalue weighted by molar-refractivity contribution is 8.05. The molecule has 0 bridgehead atoms. The second-order valence-electron chi connectivity index (χ2n) is 5.43. The molecular weight excluding hydrogens is 335 g/mol. The van der Waals surface area contributed by atoms with Gasteiger partial charge in [-0.15, -0.1) is 0 Å². The van der Waals surface area contributed by atoms with Gasteiger partial charge in [0, 0.05) is 19.7 Å². The smallest absolute Gasteiger partial charge is 0.389 e. The largest absolute Gasteiger partial charge is 0.419 e. The molecule has 23 heavy (non-hydrogen) atoms. The fourth-order valence-electron chi connectivity index (χ4n) is 1.91. The van der Waals surface area contributed by atoms with Gasteiger partial charge < -0.3 is 4.84 Å². The maximum atomic E-state index is 12.8. The molecule has 0 spiro atoms. The Kier molecular flexibility index (Phi) is 5.50. The van der Waals surface area contributed by atoms with Crippen molar-refractivity contribution in [2.75, 3.05) is 0 Å². The second kappa shape index (κ2) is 6.50. The van der Waals surface area contributed by atoms with Gasteiger partial charge in [0.05, 0.1) is 11.3 Å². The molecule has 0 unspecified atom stereocenters. The molecule has 0 saturated heterocycles. The van der Waals surface area contributed by atoms with Crippen molar-refractivity contribution in [3.8, 4) is 0 Å². The van der Waals surface area contributed by atoms with Gasteiger partial charge in [0.1, 0.15) is 11.4 Å². The van der Waals surface area contributed by atoms with Crippen LogP contribution in [0.5, 0.6) is 0 Å². The summed E-state index contributed by atoms with van der Waals surface area (Å²) in [5, 5.41) is 6.80. The van der Waals surface area contributed by atoms with Gasteiger partial charge in [-0.1, -0.05) is 19.0 Å². The fraction of sp³-hybridized carbons (Fsp3) is 0.692. The minimum Gasteiger partial charge on any atom is -0.389 e. The molecule has 1 aliphatic heterocycles. The van der Waals surface area contributed by atoms with Crippen molar-refractivity contribution in [2.24, 2.45) is 12.2 Å². The number of hydrogen-bond donors (Lipinski definition) is 0. The molecule has 1 aromatic heterocycles. The number of aromatic nitrogens is 2. The Bertz CT molecular complexity index is 691. The molecule has 2 heterocycles. The van der Waals surface area contributed by atoms with Gasteiger partial charge in [-0.2, -0.15) is 18.3 Å². The molecule has 1 aliphatic rings. The minimum atomic E-state index is -4.66. The molecule has 10 heteroatoms. The number of nitrogens with zero attached hydrogens (tertiary/aromatic N) is 3. The Labute approximate surface area is 133 Å². The lowest BCUT2D eigenvalue weighted by atomic mass is 10.1. The monoisotopic (exact) mass is 355 g/mol.